The van der Waals surface area contributed by atoms with Gasteiger partial charge in [-0.25, -0.2) is 0 Å². The second-order valence-corrected chi connectivity index (χ2v) is 9.70. The van der Waals surface area contributed by atoms with E-state index in [0.29, 0.717) is 11.1 Å². The highest BCUT2D eigenvalue weighted by molar-refractivity contribution is 9.12. The summed E-state index contributed by atoms with van der Waals surface area (Å²) in [5, 5.41) is 20.3. The Bertz CT molecular complexity index is 1260. The number of hydrogen-bond acceptors (Lipinski definition) is 7. The lowest BCUT2D eigenvalue weighted by Crippen LogP contribution is -2.39. The number of amides is 2. The van der Waals surface area contributed by atoms with Crippen molar-refractivity contribution in [3.8, 4) is 11.5 Å². The molecule has 0 saturated carbocycles. The van der Waals surface area contributed by atoms with Gasteiger partial charge in [0.25, 0.3) is 11.8 Å². The Labute approximate surface area is 201 Å². The molecule has 170 valence electrons. The van der Waals surface area contributed by atoms with E-state index in [9.17, 15) is 29.5 Å². The van der Waals surface area contributed by atoms with Gasteiger partial charge in [-0.2, -0.15) is 5.06 Å². The standard InChI is InChI=1S/C23H17BrClNO7/c1-33-16-5-8(4-14(25)21(16)29)17-9-2-3-10-18(23(31)26(32)22(10)30)11(9)6-12-19(17)15(27)7-13(24)20(12)28/h2,4-5,7,10-11,17-18,29,32H,3,6H2,1H3/t10-,11+,17-,18-/m0/s1. The molecule has 8 nitrogen and oxygen atoms in total. The summed E-state index contributed by atoms with van der Waals surface area (Å²) in [4.78, 5) is 51.4. The maximum atomic E-state index is 13.1. The number of phenolic OH excluding ortho intramolecular Hbond substituents is 1. The SMILES string of the molecule is COc1cc([C@H]2C3=CC[C@@H]4C(=O)N(O)C(=O)[C@@H]4[C@@H]3CC3=C2C(=O)C=C(Br)C3=O)cc(Cl)c1O. The van der Waals surface area contributed by atoms with Crippen molar-refractivity contribution in [1.29, 1.82) is 0 Å². The molecule has 1 fully saturated rings. The van der Waals surface area contributed by atoms with Crippen molar-refractivity contribution in [2.24, 2.45) is 17.8 Å². The Kier molecular flexibility index (Phi) is 5.11. The van der Waals surface area contributed by atoms with Crippen LogP contribution in [0.5, 0.6) is 11.5 Å². The molecule has 1 saturated heterocycles. The molecule has 3 aliphatic carbocycles. The van der Waals surface area contributed by atoms with Gasteiger partial charge < -0.3 is 9.84 Å². The predicted molar refractivity (Wildman–Crippen MR) is 118 cm³/mol. The van der Waals surface area contributed by atoms with Gasteiger partial charge in [-0.1, -0.05) is 23.3 Å². The van der Waals surface area contributed by atoms with Crippen LogP contribution in [0.3, 0.4) is 0 Å². The predicted octanol–water partition coefficient (Wildman–Crippen LogP) is 3.21. The zero-order valence-electron chi connectivity index (χ0n) is 17.2. The normalized spacial score (nSPS) is 28.9. The van der Waals surface area contributed by atoms with E-state index in [1.54, 1.807) is 0 Å². The van der Waals surface area contributed by atoms with Crippen molar-refractivity contribution in [1.82, 2.24) is 5.06 Å². The lowest BCUT2D eigenvalue weighted by atomic mass is 9.59. The molecule has 10 heteroatoms. The Hall–Kier alpha value is -2.75. The summed E-state index contributed by atoms with van der Waals surface area (Å²) in [7, 11) is 1.36. The number of allylic oxidation sites excluding steroid dienone is 6. The van der Waals surface area contributed by atoms with Gasteiger partial charge in [0.1, 0.15) is 0 Å². The third kappa shape index (κ3) is 3.06. The molecule has 33 heavy (non-hydrogen) atoms. The van der Waals surface area contributed by atoms with Crippen LogP contribution in [0.4, 0.5) is 0 Å². The molecule has 2 amide bonds. The average molecular weight is 535 g/mol. The number of imide groups is 1. The van der Waals surface area contributed by atoms with Crippen molar-refractivity contribution in [3.63, 3.8) is 0 Å². The maximum absolute atomic E-state index is 13.1. The molecule has 0 spiro atoms. The van der Waals surface area contributed by atoms with Crippen molar-refractivity contribution in [3.05, 3.63) is 56.1 Å². The molecule has 4 aliphatic rings. The Morgan fingerprint density at radius 1 is 1.15 bits per heavy atom. The van der Waals surface area contributed by atoms with E-state index in [-0.39, 0.29) is 61.6 Å². The second kappa shape index (κ2) is 7.65. The number of benzene rings is 1. The summed E-state index contributed by atoms with van der Waals surface area (Å²) in [6, 6.07) is 3.03. The fourth-order valence-corrected chi connectivity index (χ4v) is 6.15. The molecule has 1 aromatic rings. The summed E-state index contributed by atoms with van der Waals surface area (Å²) >= 11 is 9.38. The first-order chi connectivity index (χ1) is 15.6. The number of rotatable bonds is 2. The highest BCUT2D eigenvalue weighted by atomic mass is 79.9. The molecule has 0 bridgehead atoms. The van der Waals surface area contributed by atoms with Crippen LogP contribution < -0.4 is 4.74 Å². The summed E-state index contributed by atoms with van der Waals surface area (Å²) < 4.78 is 5.34. The lowest BCUT2D eigenvalue weighted by Gasteiger charge is -2.42. The summed E-state index contributed by atoms with van der Waals surface area (Å²) in [6.07, 6.45) is 3.33. The van der Waals surface area contributed by atoms with Gasteiger partial charge in [0.2, 0.25) is 0 Å². The molecule has 5 rings (SSSR count). The van der Waals surface area contributed by atoms with Crippen LogP contribution in [0, 0.1) is 17.8 Å². The molecular formula is C23H17BrClNO7. The van der Waals surface area contributed by atoms with Gasteiger partial charge in [0, 0.05) is 23.1 Å². The number of aromatic hydroxyl groups is 1. The van der Waals surface area contributed by atoms with Gasteiger partial charge >= 0.3 is 0 Å². The number of nitrogens with zero attached hydrogens (tertiary/aromatic N) is 1. The molecule has 4 atom stereocenters. The van der Waals surface area contributed by atoms with Crippen LogP contribution in [0.25, 0.3) is 0 Å². The van der Waals surface area contributed by atoms with E-state index in [1.165, 1.54) is 25.3 Å². The summed E-state index contributed by atoms with van der Waals surface area (Å²) in [5.74, 6) is -5.17. The fourth-order valence-electron chi connectivity index (χ4n) is 5.49. The molecule has 0 radical (unpaired) electrons. The van der Waals surface area contributed by atoms with Gasteiger partial charge in [0.15, 0.2) is 23.1 Å². The minimum atomic E-state index is -0.846. The number of phenols is 1. The number of Topliss-reactive ketones (excluding diaryl/α,β-unsaturated/α-hetero) is 1. The Morgan fingerprint density at radius 2 is 1.88 bits per heavy atom. The lowest BCUT2D eigenvalue weighted by molar-refractivity contribution is -0.173. The monoisotopic (exact) mass is 533 g/mol. The number of ketones is 2. The quantitative estimate of drug-likeness (QED) is 0.259. The molecule has 0 aromatic heterocycles. The molecule has 1 aliphatic heterocycles. The topological polar surface area (TPSA) is 121 Å². The first kappa shape index (κ1) is 22.1. The molecular weight excluding hydrogens is 518 g/mol. The van der Waals surface area contributed by atoms with Crippen LogP contribution >= 0.6 is 27.5 Å². The van der Waals surface area contributed by atoms with Crippen molar-refractivity contribution in [2.75, 3.05) is 7.11 Å². The summed E-state index contributed by atoms with van der Waals surface area (Å²) in [6.45, 7) is 0. The highest BCUT2D eigenvalue weighted by Gasteiger charge is 2.56. The number of hydroxylamine groups is 2. The van der Waals surface area contributed by atoms with Crippen LogP contribution in [-0.4, -0.2) is 45.9 Å². The zero-order valence-corrected chi connectivity index (χ0v) is 19.5. The first-order valence-electron chi connectivity index (χ1n) is 10.2. The van der Waals surface area contributed by atoms with E-state index in [1.807, 2.05) is 6.08 Å². The van der Waals surface area contributed by atoms with Crippen LogP contribution in [0.1, 0.15) is 24.3 Å². The smallest absolute Gasteiger partial charge is 0.257 e. The van der Waals surface area contributed by atoms with Gasteiger partial charge in [-0.05, 0) is 52.4 Å². The number of hydrogen-bond donors (Lipinski definition) is 2. The van der Waals surface area contributed by atoms with E-state index in [2.05, 4.69) is 15.9 Å². The number of ether oxygens (including phenoxy) is 1. The molecule has 1 aromatic carbocycles. The third-order valence-electron chi connectivity index (χ3n) is 6.91. The van der Waals surface area contributed by atoms with Crippen molar-refractivity contribution >= 4 is 50.9 Å². The number of methoxy groups -OCH3 is 1. The highest BCUT2D eigenvalue weighted by Crippen LogP contribution is 2.56. The molecule has 0 unspecified atom stereocenters. The Balaban J connectivity index is 1.74. The van der Waals surface area contributed by atoms with Crippen molar-refractivity contribution < 1.29 is 34.2 Å². The van der Waals surface area contributed by atoms with E-state index in [0.717, 1.165) is 0 Å². The zero-order chi connectivity index (χ0) is 23.8. The van der Waals surface area contributed by atoms with Gasteiger partial charge in [0.05, 0.1) is 28.5 Å². The largest absolute Gasteiger partial charge is 0.503 e. The Morgan fingerprint density at radius 3 is 2.58 bits per heavy atom. The molecule has 2 N–H and O–H groups in total. The minimum Gasteiger partial charge on any atom is -0.503 e. The van der Waals surface area contributed by atoms with Crippen molar-refractivity contribution in [2.45, 2.75) is 18.8 Å². The third-order valence-corrected chi connectivity index (χ3v) is 7.79. The van der Waals surface area contributed by atoms with E-state index >= 15 is 0 Å². The van der Waals surface area contributed by atoms with Crippen LogP contribution in [0.2, 0.25) is 5.02 Å². The average Bonchev–Trinajstić information content (AvgIpc) is 3.02. The van der Waals surface area contributed by atoms with Crippen LogP contribution in [0.15, 0.2) is 45.5 Å². The fraction of sp³-hybridized carbons (Fsp3) is 0.304. The van der Waals surface area contributed by atoms with Gasteiger partial charge in [-0.3, -0.25) is 24.4 Å². The number of halogens is 2. The minimum absolute atomic E-state index is 0.00266. The maximum Gasteiger partial charge on any atom is 0.257 e. The van der Waals surface area contributed by atoms with Gasteiger partial charge in [-0.15, -0.1) is 0 Å². The number of fused-ring (bicyclic) bond motifs is 3. The van der Waals surface area contributed by atoms with Crippen LogP contribution in [-0.2, 0) is 19.2 Å². The second-order valence-electron chi connectivity index (χ2n) is 8.44. The first-order valence-corrected chi connectivity index (χ1v) is 11.3. The number of carbonyl (C=O) groups excluding carboxylic acids is 4. The number of carbonyl (C=O) groups is 4. The summed E-state index contributed by atoms with van der Waals surface area (Å²) in [5.41, 5.74) is 1.72. The van der Waals surface area contributed by atoms with E-state index in [4.69, 9.17) is 16.3 Å². The van der Waals surface area contributed by atoms with E-state index < -0.39 is 35.5 Å². The molecule has 1 heterocycles.